The lowest BCUT2D eigenvalue weighted by atomic mass is 9.94. The smallest absolute Gasteiger partial charge is 0.248 e. The molecule has 1 saturated carbocycles. The minimum absolute atomic E-state index is 0.0636. The van der Waals surface area contributed by atoms with E-state index >= 15 is 0 Å². The monoisotopic (exact) mass is 389 g/mol. The molecule has 2 aliphatic rings. The van der Waals surface area contributed by atoms with Crippen LogP contribution in [0.1, 0.15) is 31.4 Å². The van der Waals surface area contributed by atoms with Crippen LogP contribution in [0.25, 0.3) is 11.0 Å². The van der Waals surface area contributed by atoms with Crippen molar-refractivity contribution in [1.82, 2.24) is 9.80 Å². The fourth-order valence-electron chi connectivity index (χ4n) is 4.06. The Kier molecular flexibility index (Phi) is 5.94. The third kappa shape index (κ3) is 4.71. The Morgan fingerprint density at radius 1 is 1.14 bits per heavy atom. The minimum atomic E-state index is -0.259. The average Bonchev–Trinajstić information content (AvgIpc) is 3.09. The van der Waals surface area contributed by atoms with Gasteiger partial charge in [-0.05, 0) is 49.9 Å². The zero-order chi connectivity index (χ0) is 19.5. The topological polar surface area (TPSA) is 71.9 Å². The van der Waals surface area contributed by atoms with Crippen LogP contribution < -0.4 is 5.73 Å². The fourth-order valence-corrected chi connectivity index (χ4v) is 4.06. The summed E-state index contributed by atoms with van der Waals surface area (Å²) in [5.41, 5.74) is 6.61. The van der Waals surface area contributed by atoms with E-state index in [1.165, 1.54) is 12.1 Å². The number of nitrogens with zero attached hydrogens (tertiary/aromatic N) is 2. The molecule has 2 fully saturated rings. The van der Waals surface area contributed by atoms with Crippen LogP contribution in [0, 0.1) is 5.82 Å². The normalized spacial score (nSPS) is 24.0. The molecule has 0 unspecified atom stereocenters. The maximum Gasteiger partial charge on any atom is 0.248 e. The highest BCUT2D eigenvalue weighted by atomic mass is 19.1. The van der Waals surface area contributed by atoms with Crippen molar-refractivity contribution in [2.75, 3.05) is 32.8 Å². The van der Waals surface area contributed by atoms with E-state index in [4.69, 9.17) is 14.9 Å². The first kappa shape index (κ1) is 19.4. The van der Waals surface area contributed by atoms with Crippen LogP contribution in [0.15, 0.2) is 28.7 Å². The molecule has 1 aliphatic heterocycles. The maximum absolute atomic E-state index is 13.3. The molecule has 0 atom stereocenters. The Morgan fingerprint density at radius 3 is 2.64 bits per heavy atom. The summed E-state index contributed by atoms with van der Waals surface area (Å²) < 4.78 is 24.9. The Balaban J connectivity index is 1.22. The lowest BCUT2D eigenvalue weighted by Crippen LogP contribution is -2.49. The largest absolute Gasteiger partial charge is 0.460 e. The Hall–Kier alpha value is -1.96. The first-order valence-corrected chi connectivity index (χ1v) is 10.1. The second kappa shape index (κ2) is 8.59. The Morgan fingerprint density at radius 2 is 1.89 bits per heavy atom. The van der Waals surface area contributed by atoms with Gasteiger partial charge in [0.15, 0.2) is 0 Å². The number of hydrogen-bond donors (Lipinski definition) is 1. The van der Waals surface area contributed by atoms with Gasteiger partial charge in [-0.2, -0.15) is 0 Å². The van der Waals surface area contributed by atoms with E-state index in [2.05, 4.69) is 4.90 Å². The third-order valence-corrected chi connectivity index (χ3v) is 5.80. The standard InChI is InChI=1S/C21H28FN3O3/c22-16-1-6-20-15(11-16)12-19(28-20)13-24-7-9-25(10-8-24)21(26)14-27-18-4-2-17(23)3-5-18/h1,6,11-12,17-18H,2-5,7-10,13-14,23H2. The Labute approximate surface area is 164 Å². The van der Waals surface area contributed by atoms with E-state index in [0.717, 1.165) is 49.9 Å². The number of furan rings is 1. The van der Waals surface area contributed by atoms with Gasteiger partial charge in [-0.1, -0.05) is 0 Å². The molecule has 1 aliphatic carbocycles. The van der Waals surface area contributed by atoms with Gasteiger partial charge in [-0.3, -0.25) is 9.69 Å². The number of hydrogen-bond acceptors (Lipinski definition) is 5. The van der Waals surface area contributed by atoms with Crippen LogP contribution in [0.4, 0.5) is 4.39 Å². The van der Waals surface area contributed by atoms with Crippen molar-refractivity contribution < 1.29 is 18.3 Å². The predicted octanol–water partition coefficient (Wildman–Crippen LogP) is 2.50. The van der Waals surface area contributed by atoms with Crippen LogP contribution in [-0.2, 0) is 16.1 Å². The summed E-state index contributed by atoms with van der Waals surface area (Å²) in [7, 11) is 0. The van der Waals surface area contributed by atoms with Gasteiger partial charge in [0.1, 0.15) is 23.8 Å². The first-order valence-electron chi connectivity index (χ1n) is 10.1. The van der Waals surface area contributed by atoms with Gasteiger partial charge in [-0.15, -0.1) is 0 Å². The van der Waals surface area contributed by atoms with Gasteiger partial charge in [0.25, 0.3) is 0 Å². The maximum atomic E-state index is 13.3. The number of carbonyl (C=O) groups excluding carboxylic acids is 1. The number of carbonyl (C=O) groups is 1. The molecule has 0 radical (unpaired) electrons. The van der Waals surface area contributed by atoms with Crippen molar-refractivity contribution in [2.24, 2.45) is 5.73 Å². The van der Waals surface area contributed by atoms with E-state index < -0.39 is 0 Å². The molecule has 1 saturated heterocycles. The summed E-state index contributed by atoms with van der Waals surface area (Å²) in [5.74, 6) is 0.623. The summed E-state index contributed by atoms with van der Waals surface area (Å²) >= 11 is 0. The van der Waals surface area contributed by atoms with Gasteiger partial charge >= 0.3 is 0 Å². The highest BCUT2D eigenvalue weighted by Gasteiger charge is 2.24. The summed E-state index contributed by atoms with van der Waals surface area (Å²) in [4.78, 5) is 16.5. The molecule has 2 heterocycles. The number of piperazine rings is 1. The van der Waals surface area contributed by atoms with Crippen LogP contribution in [0.2, 0.25) is 0 Å². The van der Waals surface area contributed by atoms with Crippen molar-refractivity contribution in [1.29, 1.82) is 0 Å². The van der Waals surface area contributed by atoms with E-state index in [0.29, 0.717) is 25.2 Å². The molecule has 6 nitrogen and oxygen atoms in total. The van der Waals surface area contributed by atoms with Gasteiger partial charge in [-0.25, -0.2) is 4.39 Å². The first-order chi connectivity index (χ1) is 13.6. The SMILES string of the molecule is NC1CCC(OCC(=O)N2CCN(Cc3cc4cc(F)ccc4o3)CC2)CC1. The number of ether oxygens (including phenoxy) is 1. The van der Waals surface area contributed by atoms with Crippen molar-refractivity contribution in [3.8, 4) is 0 Å². The fraction of sp³-hybridized carbons (Fsp3) is 0.571. The van der Waals surface area contributed by atoms with Gasteiger partial charge < -0.3 is 19.8 Å². The second-order valence-electron chi connectivity index (χ2n) is 7.90. The average molecular weight is 389 g/mol. The minimum Gasteiger partial charge on any atom is -0.460 e. The molecule has 28 heavy (non-hydrogen) atoms. The molecule has 1 aromatic carbocycles. The third-order valence-electron chi connectivity index (χ3n) is 5.80. The van der Waals surface area contributed by atoms with Crippen molar-refractivity contribution in [3.05, 3.63) is 35.8 Å². The molecular weight excluding hydrogens is 361 g/mol. The summed E-state index contributed by atoms with van der Waals surface area (Å²) in [6.45, 7) is 3.77. The molecule has 1 aromatic heterocycles. The van der Waals surface area contributed by atoms with Gasteiger partial charge in [0.2, 0.25) is 5.91 Å². The zero-order valence-electron chi connectivity index (χ0n) is 16.1. The predicted molar refractivity (Wildman–Crippen MR) is 104 cm³/mol. The number of benzene rings is 1. The number of rotatable bonds is 5. The summed E-state index contributed by atoms with van der Waals surface area (Å²) in [6, 6.07) is 6.72. The van der Waals surface area contributed by atoms with Gasteiger partial charge in [0.05, 0.1) is 12.6 Å². The van der Waals surface area contributed by atoms with Crippen LogP contribution in [0.3, 0.4) is 0 Å². The van der Waals surface area contributed by atoms with Gasteiger partial charge in [0, 0.05) is 37.6 Å². The quantitative estimate of drug-likeness (QED) is 0.851. The summed E-state index contributed by atoms with van der Waals surface area (Å²) in [5, 5.41) is 0.782. The lowest BCUT2D eigenvalue weighted by molar-refractivity contribution is -0.140. The van der Waals surface area contributed by atoms with Crippen LogP contribution >= 0.6 is 0 Å². The van der Waals surface area contributed by atoms with E-state index in [1.807, 2.05) is 11.0 Å². The highest BCUT2D eigenvalue weighted by Crippen LogP contribution is 2.22. The molecule has 0 spiro atoms. The highest BCUT2D eigenvalue weighted by molar-refractivity contribution is 5.78. The molecule has 4 rings (SSSR count). The van der Waals surface area contributed by atoms with Crippen LogP contribution in [0.5, 0.6) is 0 Å². The lowest BCUT2D eigenvalue weighted by Gasteiger charge is -2.34. The summed E-state index contributed by atoms with van der Waals surface area (Å²) in [6.07, 6.45) is 4.02. The van der Waals surface area contributed by atoms with Crippen molar-refractivity contribution in [3.63, 3.8) is 0 Å². The van der Waals surface area contributed by atoms with Crippen molar-refractivity contribution in [2.45, 2.75) is 44.4 Å². The molecule has 0 bridgehead atoms. The second-order valence-corrected chi connectivity index (χ2v) is 7.90. The number of nitrogens with two attached hydrogens (primary N) is 1. The number of amides is 1. The zero-order valence-corrected chi connectivity index (χ0v) is 16.1. The van der Waals surface area contributed by atoms with E-state index in [9.17, 15) is 9.18 Å². The number of halogens is 1. The molecule has 2 aromatic rings. The Bertz CT molecular complexity index is 808. The van der Waals surface area contributed by atoms with Crippen molar-refractivity contribution >= 4 is 16.9 Å². The van der Waals surface area contributed by atoms with Crippen LogP contribution in [-0.4, -0.2) is 60.6 Å². The van der Waals surface area contributed by atoms with E-state index in [1.54, 1.807) is 6.07 Å². The molecule has 1 amide bonds. The number of fused-ring (bicyclic) bond motifs is 1. The van der Waals surface area contributed by atoms with E-state index in [-0.39, 0.29) is 30.5 Å². The molecule has 7 heteroatoms. The molecule has 2 N–H and O–H groups in total. The molecule has 152 valence electrons. The molecular formula is C21H28FN3O3.